The number of aromatic hydroxyl groups is 4. The third-order valence-corrected chi connectivity index (χ3v) is 7.26. The van der Waals surface area contributed by atoms with E-state index >= 15 is 0 Å². The molecule has 4 rings (SSSR count). The highest BCUT2D eigenvalue weighted by molar-refractivity contribution is 5.62. The van der Waals surface area contributed by atoms with Gasteiger partial charge in [-0.25, -0.2) is 0 Å². The van der Waals surface area contributed by atoms with Gasteiger partial charge in [-0.15, -0.1) is 0 Å². The Morgan fingerprint density at radius 1 is 0.487 bits per heavy atom. The summed E-state index contributed by atoms with van der Waals surface area (Å²) in [5.41, 5.74) is 1.98. The lowest BCUT2D eigenvalue weighted by atomic mass is 9.60. The fraction of sp³-hybridized carbons (Fsp3) is 0.226. The molecule has 0 heterocycles. The number of hydrogen-bond acceptors (Lipinski definition) is 8. The fourth-order valence-corrected chi connectivity index (χ4v) is 5.23. The van der Waals surface area contributed by atoms with Crippen LogP contribution in [-0.4, -0.2) is 48.9 Å². The number of phenols is 4. The largest absolute Gasteiger partial charge is 0.504 e. The van der Waals surface area contributed by atoms with Gasteiger partial charge in [0.15, 0.2) is 46.0 Å². The first-order chi connectivity index (χ1) is 18.7. The van der Waals surface area contributed by atoms with Crippen molar-refractivity contribution >= 4 is 0 Å². The minimum atomic E-state index is -1.04. The molecule has 8 nitrogen and oxygen atoms in total. The van der Waals surface area contributed by atoms with Crippen molar-refractivity contribution in [2.24, 2.45) is 0 Å². The lowest BCUT2D eigenvalue weighted by Crippen LogP contribution is -2.35. The van der Waals surface area contributed by atoms with Crippen molar-refractivity contribution in [2.45, 2.75) is 18.3 Å². The molecule has 4 aromatic carbocycles. The Morgan fingerprint density at radius 2 is 0.795 bits per heavy atom. The molecule has 1 unspecified atom stereocenters. The van der Waals surface area contributed by atoms with Gasteiger partial charge in [-0.2, -0.15) is 0 Å². The maximum atomic E-state index is 10.5. The SMILES string of the molecule is COc1cc(C(C)C(c2ccc(O)c(OC)c2)(c2ccc(O)c(OC)c2)c2ccc(O)c(OC)c2)ccc1O. The summed E-state index contributed by atoms with van der Waals surface area (Å²) >= 11 is 0. The second kappa shape index (κ2) is 10.9. The second-order valence-electron chi connectivity index (χ2n) is 9.12. The Morgan fingerprint density at radius 3 is 1.13 bits per heavy atom. The monoisotopic (exact) mass is 532 g/mol. The van der Waals surface area contributed by atoms with Crippen LogP contribution in [0.1, 0.15) is 35.1 Å². The standard InChI is InChI=1S/C31H32O8/c1-18(19-6-10-23(32)27(14-19)36-2)31(20-7-11-24(33)28(15-20)37-3,21-8-12-25(34)29(16-21)38-4)22-9-13-26(35)30(17-22)39-5/h6-18,32-35H,1-5H3. The molecule has 0 bridgehead atoms. The van der Waals surface area contributed by atoms with Crippen molar-refractivity contribution in [1.29, 1.82) is 0 Å². The highest BCUT2D eigenvalue weighted by Gasteiger charge is 2.44. The molecule has 0 aliphatic carbocycles. The first-order valence-corrected chi connectivity index (χ1v) is 12.2. The maximum Gasteiger partial charge on any atom is 0.160 e. The summed E-state index contributed by atoms with van der Waals surface area (Å²) in [5.74, 6) is 0.661. The highest BCUT2D eigenvalue weighted by Crippen LogP contribution is 2.53. The van der Waals surface area contributed by atoms with Crippen LogP contribution in [0.4, 0.5) is 0 Å². The number of ether oxygens (including phenoxy) is 4. The summed E-state index contributed by atoms with van der Waals surface area (Å²) < 4.78 is 21.9. The normalized spacial score (nSPS) is 12.0. The molecule has 4 aromatic rings. The number of methoxy groups -OCH3 is 4. The molecule has 204 valence electrons. The molecule has 0 fully saturated rings. The van der Waals surface area contributed by atoms with Gasteiger partial charge in [-0.3, -0.25) is 0 Å². The van der Waals surface area contributed by atoms with E-state index in [-0.39, 0.29) is 46.2 Å². The first kappa shape index (κ1) is 27.3. The van der Waals surface area contributed by atoms with Crippen molar-refractivity contribution in [3.05, 3.63) is 95.1 Å². The Labute approximate surface area is 227 Å². The van der Waals surface area contributed by atoms with Crippen molar-refractivity contribution in [2.75, 3.05) is 28.4 Å². The molecule has 4 N–H and O–H groups in total. The van der Waals surface area contributed by atoms with Gasteiger partial charge in [0.25, 0.3) is 0 Å². The molecule has 0 saturated heterocycles. The molecule has 0 saturated carbocycles. The molecule has 0 aromatic heterocycles. The Bertz CT molecular complexity index is 1350. The summed E-state index contributed by atoms with van der Waals surface area (Å²) in [6.07, 6.45) is 0. The predicted molar refractivity (Wildman–Crippen MR) is 147 cm³/mol. The molecular formula is C31H32O8. The predicted octanol–water partition coefficient (Wildman–Crippen LogP) is 5.68. The molecular weight excluding hydrogens is 500 g/mol. The van der Waals surface area contributed by atoms with Crippen molar-refractivity contribution in [3.8, 4) is 46.0 Å². The van der Waals surface area contributed by atoms with Gasteiger partial charge in [0.05, 0.1) is 33.9 Å². The zero-order chi connectivity index (χ0) is 28.3. The van der Waals surface area contributed by atoms with Crippen LogP contribution in [0.2, 0.25) is 0 Å². The van der Waals surface area contributed by atoms with E-state index in [1.807, 2.05) is 13.0 Å². The summed E-state index contributed by atoms with van der Waals surface area (Å²) in [5, 5.41) is 41.7. The van der Waals surface area contributed by atoms with Crippen LogP contribution in [0.3, 0.4) is 0 Å². The van der Waals surface area contributed by atoms with Crippen molar-refractivity contribution in [3.63, 3.8) is 0 Å². The van der Waals surface area contributed by atoms with E-state index in [4.69, 9.17) is 18.9 Å². The summed E-state index contributed by atoms with van der Waals surface area (Å²) in [7, 11) is 5.91. The van der Waals surface area contributed by atoms with E-state index < -0.39 is 5.41 Å². The second-order valence-corrected chi connectivity index (χ2v) is 9.12. The van der Waals surface area contributed by atoms with Crippen LogP contribution in [0.5, 0.6) is 46.0 Å². The van der Waals surface area contributed by atoms with E-state index in [1.165, 1.54) is 28.4 Å². The molecule has 39 heavy (non-hydrogen) atoms. The van der Waals surface area contributed by atoms with Gasteiger partial charge in [0, 0.05) is 0 Å². The zero-order valence-electron chi connectivity index (χ0n) is 22.4. The van der Waals surface area contributed by atoms with Gasteiger partial charge in [0.2, 0.25) is 0 Å². The molecule has 1 atom stereocenters. The van der Waals surface area contributed by atoms with Gasteiger partial charge < -0.3 is 39.4 Å². The number of hydrogen-bond donors (Lipinski definition) is 4. The first-order valence-electron chi connectivity index (χ1n) is 12.2. The Kier molecular flexibility index (Phi) is 7.67. The average Bonchev–Trinajstić information content (AvgIpc) is 2.95. The molecule has 8 heteroatoms. The van der Waals surface area contributed by atoms with Crippen LogP contribution < -0.4 is 18.9 Å². The van der Waals surface area contributed by atoms with E-state index in [1.54, 1.807) is 66.7 Å². The van der Waals surface area contributed by atoms with E-state index in [0.717, 1.165) is 22.3 Å². The lowest BCUT2D eigenvalue weighted by Gasteiger charge is -2.42. The summed E-state index contributed by atoms with van der Waals surface area (Å²) in [6.45, 7) is 2.02. The number of rotatable bonds is 9. The lowest BCUT2D eigenvalue weighted by molar-refractivity contribution is 0.365. The van der Waals surface area contributed by atoms with Gasteiger partial charge >= 0.3 is 0 Å². The van der Waals surface area contributed by atoms with Gasteiger partial charge in [-0.05, 0) is 76.7 Å². The quantitative estimate of drug-likeness (QED) is 0.203. The molecule has 0 radical (unpaired) electrons. The minimum Gasteiger partial charge on any atom is -0.504 e. The third kappa shape index (κ3) is 4.69. The summed E-state index contributed by atoms with van der Waals surface area (Å²) in [4.78, 5) is 0. The third-order valence-electron chi connectivity index (χ3n) is 7.26. The van der Waals surface area contributed by atoms with E-state index in [0.29, 0.717) is 5.75 Å². The topological polar surface area (TPSA) is 118 Å². The van der Waals surface area contributed by atoms with E-state index in [9.17, 15) is 20.4 Å². The smallest absolute Gasteiger partial charge is 0.160 e. The van der Waals surface area contributed by atoms with Crippen LogP contribution in [0.25, 0.3) is 0 Å². The minimum absolute atomic E-state index is 0.00274. The Hall–Kier alpha value is -4.72. The fourth-order valence-electron chi connectivity index (χ4n) is 5.23. The Balaban J connectivity index is 2.18. The molecule has 0 aliphatic rings. The maximum absolute atomic E-state index is 10.5. The summed E-state index contributed by atoms with van der Waals surface area (Å²) in [6, 6.07) is 20.5. The van der Waals surface area contributed by atoms with Crippen LogP contribution in [-0.2, 0) is 5.41 Å². The van der Waals surface area contributed by atoms with Crippen LogP contribution >= 0.6 is 0 Å². The molecule has 0 amide bonds. The van der Waals surface area contributed by atoms with Gasteiger partial charge in [-0.1, -0.05) is 31.2 Å². The highest BCUT2D eigenvalue weighted by atomic mass is 16.5. The van der Waals surface area contributed by atoms with Crippen LogP contribution in [0.15, 0.2) is 72.8 Å². The molecule has 0 aliphatic heterocycles. The zero-order valence-corrected chi connectivity index (χ0v) is 22.4. The average molecular weight is 533 g/mol. The van der Waals surface area contributed by atoms with Crippen LogP contribution in [0, 0.1) is 0 Å². The van der Waals surface area contributed by atoms with Gasteiger partial charge in [0.1, 0.15) is 0 Å². The number of benzene rings is 4. The number of phenolic OH excluding ortho intramolecular Hbond substituents is 4. The van der Waals surface area contributed by atoms with Crippen molar-refractivity contribution < 1.29 is 39.4 Å². The van der Waals surface area contributed by atoms with E-state index in [2.05, 4.69) is 0 Å². The molecule has 0 spiro atoms. The van der Waals surface area contributed by atoms with Crippen molar-refractivity contribution in [1.82, 2.24) is 0 Å².